The fourth-order valence-electron chi connectivity index (χ4n) is 1.15. The van der Waals surface area contributed by atoms with Gasteiger partial charge in [-0.25, -0.2) is 0 Å². The molecule has 4 heteroatoms. The smallest absolute Gasteiger partial charge is 0.0285 e. The zero-order valence-electron chi connectivity index (χ0n) is 8.42. The average molecular weight is 277 g/mol. The van der Waals surface area contributed by atoms with Crippen molar-refractivity contribution < 1.29 is 0 Å². The van der Waals surface area contributed by atoms with Crippen molar-refractivity contribution in [2.24, 2.45) is 5.73 Å². The van der Waals surface area contributed by atoms with Gasteiger partial charge in [0, 0.05) is 20.8 Å². The Bertz CT molecular complexity index is 260. The number of rotatable bonds is 6. The number of hydrogen-bond acceptors (Lipinski definition) is 3. The van der Waals surface area contributed by atoms with Gasteiger partial charge in [0.05, 0.1) is 0 Å². The van der Waals surface area contributed by atoms with Crippen LogP contribution in [0.15, 0.2) is 15.9 Å². The summed E-state index contributed by atoms with van der Waals surface area (Å²) in [7, 11) is 0. The summed E-state index contributed by atoms with van der Waals surface area (Å²) in [6.07, 6.45) is 2.16. The first kappa shape index (κ1) is 12.2. The zero-order valence-corrected chi connectivity index (χ0v) is 10.8. The minimum absolute atomic E-state index is 0.304. The normalized spacial score (nSPS) is 13.1. The summed E-state index contributed by atoms with van der Waals surface area (Å²) in [4.78, 5) is 1.42. The Morgan fingerprint density at radius 3 is 2.93 bits per heavy atom. The highest BCUT2D eigenvalue weighted by atomic mass is 79.9. The Morgan fingerprint density at radius 2 is 2.36 bits per heavy atom. The number of nitrogens with one attached hydrogen (secondary N) is 1. The summed E-state index contributed by atoms with van der Waals surface area (Å²) in [6, 6.07) is 2.48. The first-order chi connectivity index (χ1) is 6.68. The number of halogens is 1. The summed E-state index contributed by atoms with van der Waals surface area (Å²) in [5.41, 5.74) is 5.64. The van der Waals surface area contributed by atoms with E-state index >= 15 is 0 Å². The average Bonchev–Trinajstić information content (AvgIpc) is 2.50. The van der Waals surface area contributed by atoms with Gasteiger partial charge < -0.3 is 11.1 Å². The third-order valence-electron chi connectivity index (χ3n) is 1.95. The van der Waals surface area contributed by atoms with Crippen molar-refractivity contribution in [3.63, 3.8) is 0 Å². The van der Waals surface area contributed by atoms with Crippen LogP contribution >= 0.6 is 27.3 Å². The van der Waals surface area contributed by atoms with Gasteiger partial charge in [0.2, 0.25) is 0 Å². The molecule has 1 rings (SSSR count). The van der Waals surface area contributed by atoms with Crippen LogP contribution in [-0.2, 0) is 6.42 Å². The van der Waals surface area contributed by atoms with Crippen LogP contribution in [0, 0.1) is 0 Å². The van der Waals surface area contributed by atoms with E-state index < -0.39 is 0 Å². The molecule has 0 spiro atoms. The molecular weight excluding hydrogens is 260 g/mol. The maximum Gasteiger partial charge on any atom is 0.0285 e. The van der Waals surface area contributed by atoms with E-state index in [2.05, 4.69) is 32.7 Å². The Kier molecular flexibility index (Phi) is 5.70. The van der Waals surface area contributed by atoms with Gasteiger partial charge in [-0.3, -0.25) is 0 Å². The summed E-state index contributed by atoms with van der Waals surface area (Å²) < 4.78 is 1.19. The summed E-state index contributed by atoms with van der Waals surface area (Å²) in [5.74, 6) is 0. The molecule has 0 aromatic carbocycles. The van der Waals surface area contributed by atoms with Gasteiger partial charge in [-0.1, -0.05) is 0 Å². The molecule has 1 aromatic rings. The van der Waals surface area contributed by atoms with Gasteiger partial charge in [-0.2, -0.15) is 0 Å². The van der Waals surface area contributed by atoms with Crippen molar-refractivity contribution in [2.45, 2.75) is 25.8 Å². The molecule has 0 aliphatic rings. The van der Waals surface area contributed by atoms with Crippen LogP contribution in [0.5, 0.6) is 0 Å². The standard InChI is InChI=1S/C10H17BrN2S/c1-8(12)2-4-13-5-3-10-6-9(11)7-14-10/h6-8,13H,2-5,12H2,1H3. The fraction of sp³-hybridized carbons (Fsp3) is 0.600. The third-order valence-corrected chi connectivity index (χ3v) is 3.70. The second-order valence-electron chi connectivity index (χ2n) is 3.50. The van der Waals surface area contributed by atoms with Crippen LogP contribution in [0.25, 0.3) is 0 Å². The molecule has 1 atom stereocenters. The molecule has 0 saturated carbocycles. The second kappa shape index (κ2) is 6.56. The number of thiophene rings is 1. The predicted octanol–water partition coefficient (Wildman–Crippen LogP) is 2.38. The van der Waals surface area contributed by atoms with Crippen LogP contribution in [0.2, 0.25) is 0 Å². The second-order valence-corrected chi connectivity index (χ2v) is 5.41. The van der Waals surface area contributed by atoms with Crippen LogP contribution in [0.3, 0.4) is 0 Å². The first-order valence-electron chi connectivity index (χ1n) is 4.87. The molecule has 2 nitrogen and oxygen atoms in total. The van der Waals surface area contributed by atoms with Crippen LogP contribution in [0.1, 0.15) is 18.2 Å². The highest BCUT2D eigenvalue weighted by Crippen LogP contribution is 2.19. The summed E-state index contributed by atoms with van der Waals surface area (Å²) in [5, 5.41) is 5.51. The van der Waals surface area contributed by atoms with E-state index in [1.54, 1.807) is 11.3 Å². The molecule has 0 saturated heterocycles. The van der Waals surface area contributed by atoms with E-state index in [0.717, 1.165) is 25.9 Å². The molecule has 1 aromatic heterocycles. The van der Waals surface area contributed by atoms with E-state index in [1.807, 2.05) is 6.92 Å². The fourth-order valence-corrected chi connectivity index (χ4v) is 2.61. The molecule has 14 heavy (non-hydrogen) atoms. The Labute approximate surface area is 98.0 Å². The SMILES string of the molecule is CC(N)CCNCCc1cc(Br)cs1. The molecule has 0 radical (unpaired) electrons. The Hall–Kier alpha value is 0.1000. The Morgan fingerprint density at radius 1 is 1.57 bits per heavy atom. The molecular formula is C10H17BrN2S. The van der Waals surface area contributed by atoms with Crippen LogP contribution < -0.4 is 11.1 Å². The molecule has 1 heterocycles. The first-order valence-corrected chi connectivity index (χ1v) is 6.55. The number of hydrogen-bond donors (Lipinski definition) is 2. The third kappa shape index (κ3) is 5.10. The minimum Gasteiger partial charge on any atom is -0.328 e. The van der Waals surface area contributed by atoms with Crippen LogP contribution in [0.4, 0.5) is 0 Å². The molecule has 0 amide bonds. The van der Waals surface area contributed by atoms with Crippen LogP contribution in [-0.4, -0.2) is 19.1 Å². The van der Waals surface area contributed by atoms with E-state index in [4.69, 9.17) is 5.73 Å². The highest BCUT2D eigenvalue weighted by molar-refractivity contribution is 9.10. The lowest BCUT2D eigenvalue weighted by Gasteiger charge is -2.05. The maximum absolute atomic E-state index is 5.64. The van der Waals surface area contributed by atoms with E-state index in [9.17, 15) is 0 Å². The lowest BCUT2D eigenvalue weighted by Crippen LogP contribution is -2.25. The zero-order chi connectivity index (χ0) is 10.4. The van der Waals surface area contributed by atoms with E-state index in [0.29, 0.717) is 6.04 Å². The van der Waals surface area contributed by atoms with Crippen molar-refractivity contribution in [3.05, 3.63) is 20.8 Å². The van der Waals surface area contributed by atoms with E-state index in [-0.39, 0.29) is 0 Å². The minimum atomic E-state index is 0.304. The maximum atomic E-state index is 5.64. The Balaban J connectivity index is 2.04. The van der Waals surface area contributed by atoms with Crippen molar-refractivity contribution in [2.75, 3.05) is 13.1 Å². The van der Waals surface area contributed by atoms with Gasteiger partial charge >= 0.3 is 0 Å². The summed E-state index contributed by atoms with van der Waals surface area (Å²) >= 11 is 5.25. The van der Waals surface area contributed by atoms with Gasteiger partial charge in [0.1, 0.15) is 0 Å². The lowest BCUT2D eigenvalue weighted by molar-refractivity contribution is 0.591. The molecule has 0 aliphatic heterocycles. The van der Waals surface area contributed by atoms with Crippen molar-refractivity contribution in [1.82, 2.24) is 5.32 Å². The lowest BCUT2D eigenvalue weighted by atomic mass is 10.2. The van der Waals surface area contributed by atoms with Gasteiger partial charge in [-0.05, 0) is 54.9 Å². The van der Waals surface area contributed by atoms with Crippen molar-refractivity contribution in [1.29, 1.82) is 0 Å². The highest BCUT2D eigenvalue weighted by Gasteiger charge is 1.97. The van der Waals surface area contributed by atoms with E-state index in [1.165, 1.54) is 9.35 Å². The van der Waals surface area contributed by atoms with Crippen molar-refractivity contribution in [3.8, 4) is 0 Å². The van der Waals surface area contributed by atoms with Crippen molar-refractivity contribution >= 4 is 27.3 Å². The largest absolute Gasteiger partial charge is 0.328 e. The topological polar surface area (TPSA) is 38.0 Å². The molecule has 80 valence electrons. The number of nitrogens with two attached hydrogens (primary N) is 1. The van der Waals surface area contributed by atoms with Gasteiger partial charge in [0.15, 0.2) is 0 Å². The molecule has 0 fully saturated rings. The predicted molar refractivity (Wildman–Crippen MR) is 66.9 cm³/mol. The van der Waals surface area contributed by atoms with Gasteiger partial charge in [0.25, 0.3) is 0 Å². The quantitative estimate of drug-likeness (QED) is 0.783. The monoisotopic (exact) mass is 276 g/mol. The molecule has 3 N–H and O–H groups in total. The van der Waals surface area contributed by atoms with Gasteiger partial charge in [-0.15, -0.1) is 11.3 Å². The summed E-state index contributed by atoms with van der Waals surface area (Å²) in [6.45, 7) is 4.10. The molecule has 0 aliphatic carbocycles. The molecule has 1 unspecified atom stereocenters. The molecule has 0 bridgehead atoms.